The van der Waals surface area contributed by atoms with E-state index in [0.29, 0.717) is 0 Å². The maximum absolute atomic E-state index is 5.46. The van der Waals surface area contributed by atoms with E-state index < -0.39 is 0 Å². The average molecular weight is 287 g/mol. The van der Waals surface area contributed by atoms with Gasteiger partial charge in [0.1, 0.15) is 5.82 Å². The van der Waals surface area contributed by atoms with Crippen LogP contribution in [0.2, 0.25) is 0 Å². The van der Waals surface area contributed by atoms with Gasteiger partial charge >= 0.3 is 0 Å². The maximum atomic E-state index is 5.46. The van der Waals surface area contributed by atoms with Crippen molar-refractivity contribution < 1.29 is 4.74 Å². The fourth-order valence-corrected chi connectivity index (χ4v) is 1.63. The number of hydrogen-bond acceptors (Lipinski definition) is 3. The largest absolute Gasteiger partial charge is 0.380 e. The molecule has 0 unspecified atom stereocenters. The summed E-state index contributed by atoms with van der Waals surface area (Å²) >= 11 is 3.51. The number of nitrogens with zero attached hydrogens (tertiary/aromatic N) is 1. The Labute approximate surface area is 106 Å². The van der Waals surface area contributed by atoms with Crippen molar-refractivity contribution in [1.29, 1.82) is 0 Å². The molecule has 0 bridgehead atoms. The van der Waals surface area contributed by atoms with E-state index in [1.807, 2.05) is 6.07 Å². The Bertz CT molecular complexity index is 318. The van der Waals surface area contributed by atoms with E-state index in [1.54, 1.807) is 6.20 Å². The van der Waals surface area contributed by atoms with Crippen LogP contribution in [0.3, 0.4) is 0 Å². The number of aromatic nitrogens is 1. The number of unbranched alkanes of at least 4 members (excludes halogenated alkanes) is 1. The van der Waals surface area contributed by atoms with E-state index in [0.717, 1.165) is 36.5 Å². The van der Waals surface area contributed by atoms with Crippen molar-refractivity contribution in [3.63, 3.8) is 0 Å². The molecule has 0 aliphatic heterocycles. The Hall–Kier alpha value is -0.610. The molecule has 1 heterocycles. The minimum absolute atomic E-state index is 0.724. The van der Waals surface area contributed by atoms with Gasteiger partial charge in [0.05, 0.1) is 11.1 Å². The summed E-state index contributed by atoms with van der Waals surface area (Å²) in [6.07, 6.45) is 4.12. The van der Waals surface area contributed by atoms with E-state index in [9.17, 15) is 0 Å². The Morgan fingerprint density at radius 1 is 1.44 bits per heavy atom. The zero-order chi connectivity index (χ0) is 11.8. The summed E-state index contributed by atoms with van der Waals surface area (Å²) in [5.74, 6) is 0.888. The second-order valence-electron chi connectivity index (χ2n) is 3.68. The molecule has 1 aromatic heterocycles. The molecule has 0 saturated heterocycles. The lowest BCUT2D eigenvalue weighted by Gasteiger charge is -2.09. The van der Waals surface area contributed by atoms with Crippen LogP contribution in [0.5, 0.6) is 0 Å². The number of nitrogens with one attached hydrogen (secondary N) is 1. The number of anilines is 1. The Kier molecular flexibility index (Phi) is 6.42. The van der Waals surface area contributed by atoms with Crippen LogP contribution in [0.15, 0.2) is 16.7 Å². The van der Waals surface area contributed by atoms with Crippen LogP contribution in [-0.4, -0.2) is 24.7 Å². The lowest BCUT2D eigenvalue weighted by Crippen LogP contribution is -2.11. The van der Waals surface area contributed by atoms with E-state index in [2.05, 4.69) is 40.1 Å². The molecule has 0 aromatic carbocycles. The van der Waals surface area contributed by atoms with Gasteiger partial charge < -0.3 is 10.1 Å². The minimum atomic E-state index is 0.724. The van der Waals surface area contributed by atoms with E-state index in [4.69, 9.17) is 4.74 Å². The number of aryl methyl sites for hydroxylation is 1. The summed E-state index contributed by atoms with van der Waals surface area (Å²) < 4.78 is 6.49. The van der Waals surface area contributed by atoms with E-state index in [-0.39, 0.29) is 0 Å². The summed E-state index contributed by atoms with van der Waals surface area (Å²) in [5.41, 5.74) is 1.18. The summed E-state index contributed by atoms with van der Waals surface area (Å²) in [6, 6.07) is 1.98. The normalized spacial score (nSPS) is 10.4. The molecule has 4 heteroatoms. The van der Waals surface area contributed by atoms with Gasteiger partial charge in [-0.1, -0.05) is 13.3 Å². The first-order chi connectivity index (χ1) is 7.75. The number of ether oxygens (including phenoxy) is 1. The van der Waals surface area contributed by atoms with Gasteiger partial charge in [-0.15, -0.1) is 0 Å². The molecule has 16 heavy (non-hydrogen) atoms. The van der Waals surface area contributed by atoms with Crippen molar-refractivity contribution in [1.82, 2.24) is 4.98 Å². The zero-order valence-corrected chi connectivity index (χ0v) is 11.5. The quantitative estimate of drug-likeness (QED) is 0.781. The molecule has 0 aliphatic rings. The fourth-order valence-electron chi connectivity index (χ4n) is 1.25. The van der Waals surface area contributed by atoms with Crippen LogP contribution in [0.1, 0.15) is 25.3 Å². The van der Waals surface area contributed by atoms with Crippen molar-refractivity contribution in [3.05, 3.63) is 22.3 Å². The van der Waals surface area contributed by atoms with Crippen LogP contribution in [-0.2, 0) is 4.74 Å². The molecule has 0 aliphatic carbocycles. The summed E-state index contributed by atoms with van der Waals surface area (Å²) in [5, 5.41) is 3.25. The number of pyridine rings is 1. The van der Waals surface area contributed by atoms with Gasteiger partial charge in [0.2, 0.25) is 0 Å². The van der Waals surface area contributed by atoms with Crippen LogP contribution >= 0.6 is 15.9 Å². The first kappa shape index (κ1) is 13.5. The van der Waals surface area contributed by atoms with Crippen LogP contribution in [0.25, 0.3) is 0 Å². The molecule has 0 fully saturated rings. The lowest BCUT2D eigenvalue weighted by molar-refractivity contribution is 0.141. The first-order valence-electron chi connectivity index (χ1n) is 5.68. The number of hydrogen-bond donors (Lipinski definition) is 1. The predicted molar refractivity (Wildman–Crippen MR) is 70.9 cm³/mol. The second-order valence-corrected chi connectivity index (χ2v) is 4.48. The third-order valence-electron chi connectivity index (χ3n) is 2.26. The molecule has 3 nitrogen and oxygen atoms in total. The summed E-state index contributed by atoms with van der Waals surface area (Å²) in [4.78, 5) is 4.26. The molecule has 0 saturated carbocycles. The van der Waals surface area contributed by atoms with Gasteiger partial charge in [-0.25, -0.2) is 4.98 Å². The van der Waals surface area contributed by atoms with Gasteiger partial charge in [0, 0.05) is 19.3 Å². The van der Waals surface area contributed by atoms with Gasteiger partial charge in [0.15, 0.2) is 0 Å². The van der Waals surface area contributed by atoms with Crippen molar-refractivity contribution in [3.8, 4) is 0 Å². The van der Waals surface area contributed by atoms with Crippen molar-refractivity contribution in [2.75, 3.05) is 25.1 Å². The molecule has 0 spiro atoms. The highest BCUT2D eigenvalue weighted by Crippen LogP contribution is 2.22. The number of rotatable bonds is 7. The molecule has 0 amide bonds. The molecular formula is C12H19BrN2O. The average Bonchev–Trinajstić information content (AvgIpc) is 2.29. The SMILES string of the molecule is CCCCOCCNc1nccc(C)c1Br. The van der Waals surface area contributed by atoms with Gasteiger partial charge in [-0.2, -0.15) is 0 Å². The monoisotopic (exact) mass is 286 g/mol. The Morgan fingerprint density at radius 2 is 2.25 bits per heavy atom. The molecule has 0 atom stereocenters. The molecular weight excluding hydrogens is 268 g/mol. The lowest BCUT2D eigenvalue weighted by atomic mass is 10.3. The second kappa shape index (κ2) is 7.63. The number of halogens is 1. The highest BCUT2D eigenvalue weighted by Gasteiger charge is 2.02. The maximum Gasteiger partial charge on any atom is 0.140 e. The molecule has 1 aromatic rings. The van der Waals surface area contributed by atoms with Crippen molar-refractivity contribution in [2.24, 2.45) is 0 Å². The Balaban J connectivity index is 2.24. The van der Waals surface area contributed by atoms with Gasteiger partial charge in [0.25, 0.3) is 0 Å². The van der Waals surface area contributed by atoms with Crippen molar-refractivity contribution in [2.45, 2.75) is 26.7 Å². The standard InChI is InChI=1S/C12H19BrN2O/c1-3-4-8-16-9-7-15-12-11(13)10(2)5-6-14-12/h5-6H,3-4,7-9H2,1-2H3,(H,14,15). The molecule has 1 rings (SSSR count). The Morgan fingerprint density at radius 3 is 3.00 bits per heavy atom. The van der Waals surface area contributed by atoms with Crippen molar-refractivity contribution >= 4 is 21.7 Å². The third-order valence-corrected chi connectivity index (χ3v) is 3.26. The highest BCUT2D eigenvalue weighted by molar-refractivity contribution is 9.10. The third kappa shape index (κ3) is 4.49. The van der Waals surface area contributed by atoms with E-state index >= 15 is 0 Å². The van der Waals surface area contributed by atoms with E-state index in [1.165, 1.54) is 12.0 Å². The summed E-state index contributed by atoms with van der Waals surface area (Å²) in [7, 11) is 0. The van der Waals surface area contributed by atoms with Crippen LogP contribution in [0.4, 0.5) is 5.82 Å². The predicted octanol–water partition coefficient (Wildman–Crippen LogP) is 3.38. The highest BCUT2D eigenvalue weighted by atomic mass is 79.9. The van der Waals surface area contributed by atoms with Gasteiger partial charge in [-0.3, -0.25) is 0 Å². The molecule has 0 radical (unpaired) electrons. The minimum Gasteiger partial charge on any atom is -0.380 e. The molecule has 1 N–H and O–H groups in total. The molecule has 90 valence electrons. The van der Waals surface area contributed by atoms with Crippen LogP contribution < -0.4 is 5.32 Å². The smallest absolute Gasteiger partial charge is 0.140 e. The van der Waals surface area contributed by atoms with Crippen LogP contribution in [0, 0.1) is 6.92 Å². The van der Waals surface area contributed by atoms with Gasteiger partial charge in [-0.05, 0) is 40.9 Å². The zero-order valence-electron chi connectivity index (χ0n) is 9.92. The fraction of sp³-hybridized carbons (Fsp3) is 0.583. The summed E-state index contributed by atoms with van der Waals surface area (Å²) in [6.45, 7) is 6.57. The topological polar surface area (TPSA) is 34.1 Å². The first-order valence-corrected chi connectivity index (χ1v) is 6.47.